The maximum atomic E-state index is 12.7. The molecule has 1 rings (SSSR count). The van der Waals surface area contributed by atoms with Crippen LogP contribution < -0.4 is 0 Å². The van der Waals surface area contributed by atoms with Crippen LogP contribution in [0.25, 0.3) is 0 Å². The number of benzene rings is 1. The third-order valence-electron chi connectivity index (χ3n) is 2.01. The van der Waals surface area contributed by atoms with Gasteiger partial charge in [0.15, 0.2) is 5.78 Å². The number of ketones is 1. The van der Waals surface area contributed by atoms with Gasteiger partial charge in [-0.1, -0.05) is 0 Å². The fourth-order valence-corrected chi connectivity index (χ4v) is 2.05. The van der Waals surface area contributed by atoms with Crippen LogP contribution in [0.1, 0.15) is 15.9 Å². The van der Waals surface area contributed by atoms with E-state index < -0.39 is 39.6 Å². The highest BCUT2D eigenvalue weighted by atomic mass is 127. The highest BCUT2D eigenvalue weighted by Gasteiger charge is 2.37. The first-order chi connectivity index (χ1) is 8.18. The number of nitro groups is 1. The molecule has 98 valence electrons. The van der Waals surface area contributed by atoms with Crippen LogP contribution in [0.2, 0.25) is 0 Å². The van der Waals surface area contributed by atoms with Crippen LogP contribution in [-0.2, 0) is 6.18 Å². The molecule has 0 radical (unpaired) electrons. The zero-order valence-corrected chi connectivity index (χ0v) is 11.3. The Bertz CT molecular complexity index is 519. The molecular weight excluding hydrogens is 389 g/mol. The molecule has 0 spiro atoms. The molecule has 0 aliphatic rings. The molecule has 0 bridgehead atoms. The minimum atomic E-state index is -4.86. The van der Waals surface area contributed by atoms with Crippen LogP contribution in [0.4, 0.5) is 18.9 Å². The quantitative estimate of drug-likeness (QED) is 0.259. The molecule has 0 unspecified atom stereocenters. The van der Waals surface area contributed by atoms with Crippen LogP contribution in [0.3, 0.4) is 0 Å². The molecule has 0 saturated heterocycles. The molecule has 0 heterocycles. The van der Waals surface area contributed by atoms with E-state index in [-0.39, 0.29) is 3.57 Å². The van der Waals surface area contributed by atoms with Gasteiger partial charge in [-0.3, -0.25) is 14.9 Å². The average Bonchev–Trinajstić information content (AvgIpc) is 2.25. The maximum Gasteiger partial charge on any atom is 0.417 e. The molecule has 0 fully saturated rings. The molecule has 4 nitrogen and oxygen atoms in total. The molecule has 0 aliphatic carbocycles. The Morgan fingerprint density at radius 3 is 2.39 bits per heavy atom. The number of carbonyl (C=O) groups is 1. The van der Waals surface area contributed by atoms with E-state index in [2.05, 4.69) is 0 Å². The Hall–Kier alpha value is -0.900. The van der Waals surface area contributed by atoms with Gasteiger partial charge < -0.3 is 0 Å². The monoisotopic (exact) mass is 393 g/mol. The Labute approximate surface area is 117 Å². The minimum absolute atomic E-state index is 0.0564. The van der Waals surface area contributed by atoms with E-state index in [1.807, 2.05) is 0 Å². The topological polar surface area (TPSA) is 60.2 Å². The van der Waals surface area contributed by atoms with E-state index in [1.165, 1.54) is 22.6 Å². The number of alkyl halides is 4. The van der Waals surface area contributed by atoms with Gasteiger partial charge in [0.2, 0.25) is 0 Å². The highest BCUT2D eigenvalue weighted by Crippen LogP contribution is 2.36. The Morgan fingerprint density at radius 1 is 1.44 bits per heavy atom. The van der Waals surface area contributed by atoms with Gasteiger partial charge in [-0.25, -0.2) is 0 Å². The summed E-state index contributed by atoms with van der Waals surface area (Å²) >= 11 is 6.70. The predicted molar refractivity (Wildman–Crippen MR) is 65.9 cm³/mol. The zero-order chi connectivity index (χ0) is 14.1. The Kier molecular flexibility index (Phi) is 4.54. The van der Waals surface area contributed by atoms with Crippen LogP contribution in [0.15, 0.2) is 12.1 Å². The second-order valence-electron chi connectivity index (χ2n) is 3.16. The first kappa shape index (κ1) is 15.2. The highest BCUT2D eigenvalue weighted by molar-refractivity contribution is 14.1. The van der Waals surface area contributed by atoms with E-state index in [0.717, 1.165) is 6.07 Å². The summed E-state index contributed by atoms with van der Waals surface area (Å²) in [5.41, 5.74) is -2.71. The minimum Gasteiger partial charge on any atom is -0.293 e. The normalized spacial score (nSPS) is 11.4. The number of rotatable bonds is 3. The lowest BCUT2D eigenvalue weighted by molar-refractivity contribution is -0.386. The van der Waals surface area contributed by atoms with Crippen molar-refractivity contribution < 1.29 is 22.9 Å². The summed E-state index contributed by atoms with van der Waals surface area (Å²) in [4.78, 5) is 20.9. The molecule has 0 aliphatic heterocycles. The summed E-state index contributed by atoms with van der Waals surface area (Å²) in [5.74, 6) is -1.56. The number of nitro benzene ring substituents is 1. The molecule has 0 aromatic heterocycles. The van der Waals surface area contributed by atoms with Crippen molar-refractivity contribution in [1.82, 2.24) is 0 Å². The maximum absolute atomic E-state index is 12.7. The van der Waals surface area contributed by atoms with Gasteiger partial charge >= 0.3 is 6.18 Å². The third kappa shape index (κ3) is 3.10. The first-order valence-corrected chi connectivity index (χ1v) is 5.94. The number of hydrogen-bond acceptors (Lipinski definition) is 3. The van der Waals surface area contributed by atoms with E-state index in [9.17, 15) is 28.1 Å². The van der Waals surface area contributed by atoms with Gasteiger partial charge in [-0.15, -0.1) is 11.6 Å². The molecule has 0 amide bonds. The van der Waals surface area contributed by atoms with Gasteiger partial charge in [0, 0.05) is 11.6 Å². The largest absolute Gasteiger partial charge is 0.417 e. The van der Waals surface area contributed by atoms with Crippen LogP contribution in [0, 0.1) is 13.7 Å². The Morgan fingerprint density at radius 2 is 2.00 bits per heavy atom. The summed E-state index contributed by atoms with van der Waals surface area (Å²) in [7, 11) is 0. The lowest BCUT2D eigenvalue weighted by Crippen LogP contribution is -2.15. The molecule has 9 heteroatoms. The molecular formula is C9H4ClF3INO3. The van der Waals surface area contributed by atoms with Gasteiger partial charge in [-0.05, 0) is 28.7 Å². The van der Waals surface area contributed by atoms with Crippen molar-refractivity contribution in [2.24, 2.45) is 0 Å². The lowest BCUT2D eigenvalue weighted by atomic mass is 10.0. The average molecular weight is 393 g/mol. The second-order valence-corrected chi connectivity index (χ2v) is 4.59. The zero-order valence-electron chi connectivity index (χ0n) is 8.42. The molecule has 0 atom stereocenters. The number of nitrogens with zero attached hydrogens (tertiary/aromatic N) is 1. The van der Waals surface area contributed by atoms with Crippen molar-refractivity contribution >= 4 is 45.7 Å². The number of halogens is 5. The summed E-state index contributed by atoms with van der Waals surface area (Å²) in [6, 6.07) is 1.17. The van der Waals surface area contributed by atoms with Gasteiger partial charge in [0.05, 0.1) is 19.9 Å². The number of Topliss-reactive ketones (excluding diaryl/α,β-unsaturated/α-hetero) is 1. The number of hydrogen-bond donors (Lipinski definition) is 0. The molecule has 18 heavy (non-hydrogen) atoms. The van der Waals surface area contributed by atoms with E-state index in [0.29, 0.717) is 6.07 Å². The summed E-state index contributed by atoms with van der Waals surface area (Å²) < 4.78 is 38.0. The first-order valence-electron chi connectivity index (χ1n) is 4.32. The van der Waals surface area contributed by atoms with E-state index >= 15 is 0 Å². The molecule has 1 aromatic rings. The van der Waals surface area contributed by atoms with Crippen molar-refractivity contribution in [2.45, 2.75) is 6.18 Å². The van der Waals surface area contributed by atoms with Crippen molar-refractivity contribution in [1.29, 1.82) is 0 Å². The fraction of sp³-hybridized carbons (Fsp3) is 0.222. The third-order valence-corrected chi connectivity index (χ3v) is 3.12. The summed E-state index contributed by atoms with van der Waals surface area (Å²) in [6.07, 6.45) is -4.86. The molecule has 0 N–H and O–H groups in total. The standard InChI is InChI=1S/C9H4ClF3INO3/c10-3-8(16)4-1-6(14)7(15(17)18)2-5(4)9(11,12)13/h1-2H,3H2. The van der Waals surface area contributed by atoms with Gasteiger partial charge in [0.1, 0.15) is 0 Å². The van der Waals surface area contributed by atoms with E-state index in [4.69, 9.17) is 11.6 Å². The van der Waals surface area contributed by atoms with Crippen molar-refractivity contribution in [3.05, 3.63) is 36.9 Å². The van der Waals surface area contributed by atoms with Crippen LogP contribution >= 0.6 is 34.2 Å². The van der Waals surface area contributed by atoms with Crippen LogP contribution in [0.5, 0.6) is 0 Å². The fourth-order valence-electron chi connectivity index (χ4n) is 1.24. The van der Waals surface area contributed by atoms with Crippen molar-refractivity contribution in [2.75, 3.05) is 5.88 Å². The van der Waals surface area contributed by atoms with Gasteiger partial charge in [-0.2, -0.15) is 13.2 Å². The lowest BCUT2D eigenvalue weighted by Gasteiger charge is -2.11. The summed E-state index contributed by atoms with van der Waals surface area (Å²) in [6.45, 7) is 0. The van der Waals surface area contributed by atoms with Gasteiger partial charge in [0.25, 0.3) is 5.69 Å². The smallest absolute Gasteiger partial charge is 0.293 e. The summed E-state index contributed by atoms with van der Waals surface area (Å²) in [5, 5.41) is 10.6. The van der Waals surface area contributed by atoms with Crippen LogP contribution in [-0.4, -0.2) is 16.6 Å². The van der Waals surface area contributed by atoms with Crippen molar-refractivity contribution in [3.63, 3.8) is 0 Å². The second kappa shape index (κ2) is 5.39. The number of carbonyl (C=O) groups excluding carboxylic acids is 1. The molecule has 0 saturated carbocycles. The van der Waals surface area contributed by atoms with Crippen molar-refractivity contribution in [3.8, 4) is 0 Å². The SMILES string of the molecule is O=C(CCl)c1cc(I)c([N+](=O)[O-])cc1C(F)(F)F. The Balaban J connectivity index is 3.57. The predicted octanol–water partition coefficient (Wildman–Crippen LogP) is 3.64. The van der Waals surface area contributed by atoms with E-state index in [1.54, 1.807) is 0 Å². The molecule has 1 aromatic carbocycles.